The summed E-state index contributed by atoms with van der Waals surface area (Å²) >= 11 is 0. The third-order valence-corrected chi connectivity index (χ3v) is 3.96. The zero-order chi connectivity index (χ0) is 17.4. The molecule has 132 valence electrons. The van der Waals surface area contributed by atoms with Crippen molar-refractivity contribution in [1.82, 2.24) is 15.5 Å². The smallest absolute Gasteiger partial charge is 0.315 e. The van der Waals surface area contributed by atoms with E-state index in [0.717, 1.165) is 44.0 Å². The fourth-order valence-electron chi connectivity index (χ4n) is 2.49. The minimum atomic E-state index is -0.322. The number of anilines is 2. The van der Waals surface area contributed by atoms with Crippen molar-refractivity contribution >= 4 is 23.3 Å². The Morgan fingerprint density at radius 1 is 1.04 bits per heavy atom. The largest absolute Gasteiger partial charge is 0.369 e. The number of hydrogen-bond donors (Lipinski definition) is 3. The summed E-state index contributed by atoms with van der Waals surface area (Å²) in [7, 11) is 2.13. The predicted octanol–water partition coefficient (Wildman–Crippen LogP) is 1.09. The second-order valence-corrected chi connectivity index (χ2v) is 5.99. The zero-order valence-electron chi connectivity index (χ0n) is 14.5. The van der Waals surface area contributed by atoms with Crippen LogP contribution in [0.5, 0.6) is 0 Å². The summed E-state index contributed by atoms with van der Waals surface area (Å²) in [5, 5.41) is 7.97. The van der Waals surface area contributed by atoms with Crippen molar-refractivity contribution in [2.45, 2.75) is 13.3 Å². The van der Waals surface area contributed by atoms with E-state index in [-0.39, 0.29) is 18.5 Å². The molecule has 3 amide bonds. The topological polar surface area (TPSA) is 76.7 Å². The van der Waals surface area contributed by atoms with Crippen LogP contribution in [0, 0.1) is 0 Å². The van der Waals surface area contributed by atoms with Gasteiger partial charge in [-0.1, -0.05) is 6.92 Å². The van der Waals surface area contributed by atoms with Crippen LogP contribution in [0.2, 0.25) is 0 Å². The van der Waals surface area contributed by atoms with Gasteiger partial charge in [-0.15, -0.1) is 0 Å². The first-order chi connectivity index (χ1) is 11.6. The number of amides is 3. The molecule has 0 spiro atoms. The first kappa shape index (κ1) is 18.1. The summed E-state index contributed by atoms with van der Waals surface area (Å²) in [5.41, 5.74) is 1.90. The Bertz CT molecular complexity index is 538. The molecule has 24 heavy (non-hydrogen) atoms. The van der Waals surface area contributed by atoms with Gasteiger partial charge < -0.3 is 25.8 Å². The first-order valence-electron chi connectivity index (χ1n) is 8.43. The molecule has 1 aromatic carbocycles. The molecular formula is C17H27N5O2. The Balaban J connectivity index is 1.76. The molecule has 0 unspecified atom stereocenters. The number of rotatable bonds is 6. The number of benzene rings is 1. The number of urea groups is 1. The lowest BCUT2D eigenvalue weighted by Crippen LogP contribution is -2.44. The molecule has 0 aliphatic carbocycles. The van der Waals surface area contributed by atoms with Gasteiger partial charge >= 0.3 is 6.03 Å². The van der Waals surface area contributed by atoms with Gasteiger partial charge in [-0.25, -0.2) is 4.79 Å². The van der Waals surface area contributed by atoms with Crippen LogP contribution in [0.25, 0.3) is 0 Å². The van der Waals surface area contributed by atoms with Crippen LogP contribution < -0.4 is 20.9 Å². The highest BCUT2D eigenvalue weighted by molar-refractivity contribution is 5.94. The van der Waals surface area contributed by atoms with E-state index in [1.807, 2.05) is 31.2 Å². The lowest BCUT2D eigenvalue weighted by molar-refractivity contribution is -0.115. The molecule has 1 heterocycles. The van der Waals surface area contributed by atoms with Crippen LogP contribution in [0.4, 0.5) is 16.2 Å². The maximum Gasteiger partial charge on any atom is 0.315 e. The lowest BCUT2D eigenvalue weighted by atomic mass is 10.2. The van der Waals surface area contributed by atoms with Crippen molar-refractivity contribution in [2.24, 2.45) is 0 Å². The van der Waals surface area contributed by atoms with Crippen molar-refractivity contribution in [3.8, 4) is 0 Å². The standard InChI is InChI=1S/C17H27N5O2/c1-3-8-18-17(24)19-13-16(23)20-14-4-6-15(7-5-14)22-11-9-21(2)10-12-22/h4-7H,3,8-13H2,1-2H3,(H,20,23)(H2,18,19,24). The summed E-state index contributed by atoms with van der Waals surface area (Å²) < 4.78 is 0. The third-order valence-electron chi connectivity index (χ3n) is 3.96. The molecule has 1 saturated heterocycles. The van der Waals surface area contributed by atoms with Crippen molar-refractivity contribution < 1.29 is 9.59 Å². The second kappa shape index (κ2) is 9.12. The monoisotopic (exact) mass is 333 g/mol. The van der Waals surface area contributed by atoms with E-state index in [2.05, 4.69) is 32.8 Å². The third kappa shape index (κ3) is 5.73. The molecule has 0 atom stereocenters. The normalized spacial score (nSPS) is 15.0. The van der Waals surface area contributed by atoms with Gasteiger partial charge in [0, 0.05) is 44.1 Å². The lowest BCUT2D eigenvalue weighted by Gasteiger charge is -2.34. The highest BCUT2D eigenvalue weighted by atomic mass is 16.2. The minimum absolute atomic E-state index is 0.0459. The van der Waals surface area contributed by atoms with Gasteiger partial charge in [0.25, 0.3) is 0 Å². The van der Waals surface area contributed by atoms with E-state index < -0.39 is 0 Å². The van der Waals surface area contributed by atoms with Crippen LogP contribution in [-0.4, -0.2) is 63.2 Å². The van der Waals surface area contributed by atoms with Gasteiger partial charge in [0.05, 0.1) is 6.54 Å². The average Bonchev–Trinajstić information content (AvgIpc) is 2.59. The van der Waals surface area contributed by atoms with Gasteiger partial charge in [0.15, 0.2) is 0 Å². The van der Waals surface area contributed by atoms with Crippen LogP contribution >= 0.6 is 0 Å². The van der Waals surface area contributed by atoms with Crippen molar-refractivity contribution in [3.05, 3.63) is 24.3 Å². The summed E-state index contributed by atoms with van der Waals surface area (Å²) in [5.74, 6) is -0.242. The van der Waals surface area contributed by atoms with Gasteiger partial charge in [-0.2, -0.15) is 0 Å². The Morgan fingerprint density at radius 3 is 2.33 bits per heavy atom. The Kier molecular flexibility index (Phi) is 6.87. The Labute approximate surface area is 143 Å². The summed E-state index contributed by atoms with van der Waals surface area (Å²) in [6.07, 6.45) is 0.860. The minimum Gasteiger partial charge on any atom is -0.369 e. The predicted molar refractivity (Wildman–Crippen MR) is 96.5 cm³/mol. The number of likely N-dealkylation sites (N-methyl/N-ethyl adjacent to an activating group) is 1. The molecule has 0 saturated carbocycles. The van der Waals surface area contributed by atoms with E-state index in [1.165, 1.54) is 0 Å². The van der Waals surface area contributed by atoms with Gasteiger partial charge in [0.2, 0.25) is 5.91 Å². The highest BCUT2D eigenvalue weighted by Crippen LogP contribution is 2.19. The second-order valence-electron chi connectivity index (χ2n) is 5.99. The summed E-state index contributed by atoms with van der Waals surface area (Å²) in [6.45, 7) is 6.67. The number of piperazine rings is 1. The van der Waals surface area contributed by atoms with Crippen molar-refractivity contribution in [3.63, 3.8) is 0 Å². The van der Waals surface area contributed by atoms with E-state index in [1.54, 1.807) is 0 Å². The van der Waals surface area contributed by atoms with Crippen LogP contribution in [0.3, 0.4) is 0 Å². The molecular weight excluding hydrogens is 306 g/mol. The molecule has 3 N–H and O–H groups in total. The SMILES string of the molecule is CCCNC(=O)NCC(=O)Nc1ccc(N2CCN(C)CC2)cc1. The molecule has 2 rings (SSSR count). The quantitative estimate of drug-likeness (QED) is 0.728. The van der Waals surface area contributed by atoms with Gasteiger partial charge in [0.1, 0.15) is 0 Å². The van der Waals surface area contributed by atoms with Crippen molar-refractivity contribution in [1.29, 1.82) is 0 Å². The van der Waals surface area contributed by atoms with E-state index in [4.69, 9.17) is 0 Å². The highest BCUT2D eigenvalue weighted by Gasteiger charge is 2.14. The molecule has 0 radical (unpaired) electrons. The molecule has 1 aliphatic rings. The van der Waals surface area contributed by atoms with Gasteiger partial charge in [-0.05, 0) is 37.7 Å². The molecule has 7 heteroatoms. The van der Waals surface area contributed by atoms with E-state index >= 15 is 0 Å². The summed E-state index contributed by atoms with van der Waals surface area (Å²) in [6, 6.07) is 7.49. The van der Waals surface area contributed by atoms with Crippen LogP contribution in [-0.2, 0) is 4.79 Å². The fourth-order valence-corrected chi connectivity index (χ4v) is 2.49. The zero-order valence-corrected chi connectivity index (χ0v) is 14.5. The molecule has 1 aliphatic heterocycles. The fraction of sp³-hybridized carbons (Fsp3) is 0.529. The first-order valence-corrected chi connectivity index (χ1v) is 8.43. The molecule has 0 aromatic heterocycles. The van der Waals surface area contributed by atoms with Gasteiger partial charge in [-0.3, -0.25) is 4.79 Å². The molecule has 7 nitrogen and oxygen atoms in total. The Hall–Kier alpha value is -2.28. The summed E-state index contributed by atoms with van der Waals surface area (Å²) in [4.78, 5) is 27.9. The van der Waals surface area contributed by atoms with Crippen molar-refractivity contribution in [2.75, 3.05) is 56.5 Å². The number of nitrogens with zero attached hydrogens (tertiary/aromatic N) is 2. The molecule has 0 bridgehead atoms. The maximum absolute atomic E-state index is 11.8. The van der Waals surface area contributed by atoms with Crippen LogP contribution in [0.15, 0.2) is 24.3 Å². The number of nitrogens with one attached hydrogen (secondary N) is 3. The number of carbonyl (C=O) groups is 2. The number of carbonyl (C=O) groups excluding carboxylic acids is 2. The Morgan fingerprint density at radius 2 is 1.71 bits per heavy atom. The maximum atomic E-state index is 11.8. The van der Waals surface area contributed by atoms with Crippen LogP contribution in [0.1, 0.15) is 13.3 Å². The van der Waals surface area contributed by atoms with E-state index in [9.17, 15) is 9.59 Å². The average molecular weight is 333 g/mol. The number of hydrogen-bond acceptors (Lipinski definition) is 4. The van der Waals surface area contributed by atoms with E-state index in [0.29, 0.717) is 6.54 Å². The molecule has 1 fully saturated rings. The molecule has 1 aromatic rings.